The Morgan fingerprint density at radius 3 is 2.18 bits per heavy atom. The third kappa shape index (κ3) is 4.86. The summed E-state index contributed by atoms with van der Waals surface area (Å²) in [4.78, 5) is 11.9. The van der Waals surface area contributed by atoms with Gasteiger partial charge in [-0.2, -0.15) is 0 Å². The van der Waals surface area contributed by atoms with Crippen LogP contribution in [-0.2, 0) is 14.6 Å². The van der Waals surface area contributed by atoms with E-state index < -0.39 is 9.84 Å². The second kappa shape index (κ2) is 7.56. The Bertz CT molecular complexity index is 738. The van der Waals surface area contributed by atoms with Gasteiger partial charge < -0.3 is 5.32 Å². The molecule has 0 radical (unpaired) electrons. The minimum atomic E-state index is -3.36. The van der Waals surface area contributed by atoms with Crippen LogP contribution in [0.25, 0.3) is 6.08 Å². The summed E-state index contributed by atoms with van der Waals surface area (Å²) in [5.41, 5.74) is 0.912. The van der Waals surface area contributed by atoms with E-state index in [0.29, 0.717) is 0 Å². The fourth-order valence-corrected chi connectivity index (χ4v) is 3.03. The molecule has 0 fully saturated rings. The lowest BCUT2D eigenvalue weighted by Gasteiger charge is -2.04. The molecule has 1 N–H and O–H groups in total. The van der Waals surface area contributed by atoms with Gasteiger partial charge in [0.05, 0.1) is 10.6 Å². The topological polar surface area (TPSA) is 63.2 Å². The molecule has 0 spiro atoms. The molecule has 0 atom stereocenters. The molecule has 0 aliphatic heterocycles. The predicted octanol–water partition coefficient (Wildman–Crippen LogP) is 2.29. The number of hydrogen-bond acceptors (Lipinski definition) is 3. The summed E-state index contributed by atoms with van der Waals surface area (Å²) in [5, 5.41) is 2.57. The molecule has 114 valence electrons. The molecule has 0 saturated carbocycles. The van der Waals surface area contributed by atoms with Crippen molar-refractivity contribution < 1.29 is 13.2 Å². The molecule has 2 aromatic rings. The lowest BCUT2D eigenvalue weighted by molar-refractivity contribution is -0.116. The molecule has 2 aromatic carbocycles. The first-order valence-electron chi connectivity index (χ1n) is 6.87. The summed E-state index contributed by atoms with van der Waals surface area (Å²) in [6, 6.07) is 17.6. The second-order valence-corrected chi connectivity index (χ2v) is 6.78. The minimum absolute atomic E-state index is 0.0786. The Kier molecular flexibility index (Phi) is 5.49. The van der Waals surface area contributed by atoms with Crippen LogP contribution >= 0.6 is 0 Å². The van der Waals surface area contributed by atoms with Gasteiger partial charge in [-0.3, -0.25) is 4.79 Å². The minimum Gasteiger partial charge on any atom is -0.352 e. The first kappa shape index (κ1) is 16.0. The number of sulfone groups is 1. The van der Waals surface area contributed by atoms with Gasteiger partial charge in [-0.05, 0) is 23.8 Å². The zero-order valence-electron chi connectivity index (χ0n) is 12.0. The first-order valence-corrected chi connectivity index (χ1v) is 8.52. The van der Waals surface area contributed by atoms with Gasteiger partial charge in [-0.15, -0.1) is 0 Å². The van der Waals surface area contributed by atoms with E-state index in [1.165, 1.54) is 6.08 Å². The smallest absolute Gasteiger partial charge is 0.244 e. The molecule has 5 heteroatoms. The van der Waals surface area contributed by atoms with Crippen LogP contribution in [-0.4, -0.2) is 26.6 Å². The van der Waals surface area contributed by atoms with Gasteiger partial charge in [0.2, 0.25) is 5.91 Å². The average Bonchev–Trinajstić information content (AvgIpc) is 2.54. The van der Waals surface area contributed by atoms with Crippen molar-refractivity contribution in [1.82, 2.24) is 5.32 Å². The molecule has 0 saturated heterocycles. The maximum Gasteiger partial charge on any atom is 0.244 e. The van der Waals surface area contributed by atoms with Gasteiger partial charge in [-0.25, -0.2) is 8.42 Å². The van der Waals surface area contributed by atoms with E-state index in [4.69, 9.17) is 0 Å². The number of carbonyl (C=O) groups is 1. The first-order chi connectivity index (χ1) is 10.6. The second-order valence-electron chi connectivity index (χ2n) is 4.67. The van der Waals surface area contributed by atoms with Crippen LogP contribution in [0.5, 0.6) is 0 Å². The van der Waals surface area contributed by atoms with Crippen molar-refractivity contribution in [1.29, 1.82) is 0 Å². The van der Waals surface area contributed by atoms with E-state index >= 15 is 0 Å². The van der Waals surface area contributed by atoms with E-state index in [-0.39, 0.29) is 23.1 Å². The van der Waals surface area contributed by atoms with E-state index in [1.807, 2.05) is 30.3 Å². The molecule has 2 rings (SSSR count). The number of nitrogens with one attached hydrogen (secondary N) is 1. The van der Waals surface area contributed by atoms with Crippen LogP contribution in [0.4, 0.5) is 0 Å². The van der Waals surface area contributed by atoms with E-state index in [1.54, 1.807) is 36.4 Å². The van der Waals surface area contributed by atoms with Crippen LogP contribution in [0.1, 0.15) is 5.56 Å². The molecule has 4 nitrogen and oxygen atoms in total. The molecular formula is C17H17NO3S. The Morgan fingerprint density at radius 1 is 0.955 bits per heavy atom. The number of carbonyl (C=O) groups excluding carboxylic acids is 1. The number of benzene rings is 2. The van der Waals surface area contributed by atoms with E-state index in [0.717, 1.165) is 5.56 Å². The Labute approximate surface area is 130 Å². The van der Waals surface area contributed by atoms with Crippen LogP contribution in [0.2, 0.25) is 0 Å². The van der Waals surface area contributed by atoms with Gasteiger partial charge in [0, 0.05) is 12.6 Å². The summed E-state index contributed by atoms with van der Waals surface area (Å²) in [6.45, 7) is 0.0786. The third-order valence-corrected chi connectivity index (χ3v) is 4.73. The van der Waals surface area contributed by atoms with Crippen molar-refractivity contribution in [3.05, 3.63) is 72.3 Å². The third-order valence-electron chi connectivity index (χ3n) is 3.00. The number of hydrogen-bond donors (Lipinski definition) is 1. The SMILES string of the molecule is O=C(C=Cc1ccccc1)NCCS(=O)(=O)c1ccccc1. The summed E-state index contributed by atoms with van der Waals surface area (Å²) in [5.74, 6) is -0.436. The van der Waals surface area contributed by atoms with Crippen molar-refractivity contribution in [3.63, 3.8) is 0 Å². The Balaban J connectivity index is 1.84. The van der Waals surface area contributed by atoms with Gasteiger partial charge in [-0.1, -0.05) is 48.5 Å². The fraction of sp³-hybridized carbons (Fsp3) is 0.118. The number of rotatable bonds is 6. The predicted molar refractivity (Wildman–Crippen MR) is 87.0 cm³/mol. The monoisotopic (exact) mass is 315 g/mol. The molecule has 0 unspecified atom stereocenters. The molecule has 0 aliphatic carbocycles. The highest BCUT2D eigenvalue weighted by Gasteiger charge is 2.13. The summed E-state index contributed by atoms with van der Waals surface area (Å²) in [7, 11) is -3.36. The highest BCUT2D eigenvalue weighted by Crippen LogP contribution is 2.09. The summed E-state index contributed by atoms with van der Waals surface area (Å²) in [6.07, 6.45) is 3.07. The highest BCUT2D eigenvalue weighted by atomic mass is 32.2. The molecule has 22 heavy (non-hydrogen) atoms. The molecule has 0 bridgehead atoms. The molecule has 1 amide bonds. The fourth-order valence-electron chi connectivity index (χ4n) is 1.85. The average molecular weight is 315 g/mol. The van der Waals surface area contributed by atoms with Crippen LogP contribution in [0, 0.1) is 0 Å². The van der Waals surface area contributed by atoms with Gasteiger partial charge in [0.15, 0.2) is 9.84 Å². The van der Waals surface area contributed by atoms with Crippen LogP contribution in [0.15, 0.2) is 71.6 Å². The lowest BCUT2D eigenvalue weighted by Crippen LogP contribution is -2.27. The van der Waals surface area contributed by atoms with Crippen molar-refractivity contribution >= 4 is 21.8 Å². The Morgan fingerprint density at radius 2 is 1.55 bits per heavy atom. The van der Waals surface area contributed by atoms with Crippen molar-refractivity contribution in [2.24, 2.45) is 0 Å². The molecule has 0 aliphatic rings. The zero-order valence-corrected chi connectivity index (χ0v) is 12.8. The normalized spacial score (nSPS) is 11.5. The Hall–Kier alpha value is -2.40. The lowest BCUT2D eigenvalue weighted by atomic mass is 10.2. The standard InChI is InChI=1S/C17H17NO3S/c19-17(12-11-15-7-3-1-4-8-15)18-13-14-22(20,21)16-9-5-2-6-10-16/h1-12H,13-14H2,(H,18,19). The van der Waals surface area contributed by atoms with Gasteiger partial charge in [0.1, 0.15) is 0 Å². The summed E-state index contributed by atoms with van der Waals surface area (Å²) < 4.78 is 24.0. The van der Waals surface area contributed by atoms with Crippen LogP contribution < -0.4 is 5.32 Å². The van der Waals surface area contributed by atoms with Crippen LogP contribution in [0.3, 0.4) is 0 Å². The van der Waals surface area contributed by atoms with Gasteiger partial charge >= 0.3 is 0 Å². The largest absolute Gasteiger partial charge is 0.352 e. The highest BCUT2D eigenvalue weighted by molar-refractivity contribution is 7.91. The van der Waals surface area contributed by atoms with E-state index in [9.17, 15) is 13.2 Å². The summed E-state index contributed by atoms with van der Waals surface area (Å²) >= 11 is 0. The van der Waals surface area contributed by atoms with Crippen molar-refractivity contribution in [2.45, 2.75) is 4.90 Å². The quantitative estimate of drug-likeness (QED) is 0.832. The molecular weight excluding hydrogens is 298 g/mol. The number of amides is 1. The molecule has 0 heterocycles. The maximum absolute atomic E-state index is 12.0. The zero-order chi connectivity index (χ0) is 15.8. The van der Waals surface area contributed by atoms with E-state index in [2.05, 4.69) is 5.32 Å². The molecule has 0 aromatic heterocycles. The van der Waals surface area contributed by atoms with Gasteiger partial charge in [0.25, 0.3) is 0 Å². The van der Waals surface area contributed by atoms with Crippen molar-refractivity contribution in [2.75, 3.05) is 12.3 Å². The maximum atomic E-state index is 12.0. The van der Waals surface area contributed by atoms with Crippen molar-refractivity contribution in [3.8, 4) is 0 Å².